The van der Waals surface area contributed by atoms with Gasteiger partial charge >= 0.3 is 0 Å². The predicted octanol–water partition coefficient (Wildman–Crippen LogP) is 2.20. The van der Waals surface area contributed by atoms with E-state index in [1.54, 1.807) is 7.11 Å². The molecule has 3 aliphatic rings. The van der Waals surface area contributed by atoms with Crippen LogP contribution in [0.1, 0.15) is 37.9 Å². The molecule has 104 valence electrons. The third-order valence-corrected chi connectivity index (χ3v) is 5.89. The van der Waals surface area contributed by atoms with Crippen LogP contribution in [0.4, 0.5) is 0 Å². The summed E-state index contributed by atoms with van der Waals surface area (Å²) in [7, 11) is 1.71. The first-order valence-electron chi connectivity index (χ1n) is 7.61. The molecule has 2 bridgehead atoms. The number of hydrogen-bond donors (Lipinski definition) is 1. The standard InChI is InChI=1S/C15H23N3O/c1-3-18-15(10(19-2)7-17-18)14(16)13-11-8-4-5-9(6-8)12(11)13/h7-9,11-14H,3-6,16H2,1-2H3. The minimum atomic E-state index is 0.107. The Labute approximate surface area is 114 Å². The fourth-order valence-electron chi connectivity index (χ4n) is 5.18. The van der Waals surface area contributed by atoms with Crippen molar-refractivity contribution in [3.63, 3.8) is 0 Å². The molecule has 19 heavy (non-hydrogen) atoms. The molecule has 1 aromatic heterocycles. The van der Waals surface area contributed by atoms with Crippen LogP contribution in [-0.4, -0.2) is 16.9 Å². The molecule has 5 atom stereocenters. The molecule has 3 fully saturated rings. The van der Waals surface area contributed by atoms with Crippen molar-refractivity contribution in [2.45, 2.75) is 38.8 Å². The van der Waals surface area contributed by atoms with E-state index in [4.69, 9.17) is 10.5 Å². The first-order valence-corrected chi connectivity index (χ1v) is 7.61. The number of nitrogens with two attached hydrogens (primary N) is 1. The number of nitrogens with zero attached hydrogens (tertiary/aromatic N) is 2. The van der Waals surface area contributed by atoms with Gasteiger partial charge in [-0.1, -0.05) is 0 Å². The lowest BCUT2D eigenvalue weighted by Gasteiger charge is -2.18. The molecule has 4 rings (SSSR count). The van der Waals surface area contributed by atoms with Crippen molar-refractivity contribution < 1.29 is 4.74 Å². The van der Waals surface area contributed by atoms with Crippen LogP contribution >= 0.6 is 0 Å². The maximum absolute atomic E-state index is 6.60. The molecule has 0 saturated heterocycles. The van der Waals surface area contributed by atoms with E-state index >= 15 is 0 Å². The van der Waals surface area contributed by atoms with E-state index < -0.39 is 0 Å². The van der Waals surface area contributed by atoms with Gasteiger partial charge in [0.05, 0.1) is 25.0 Å². The van der Waals surface area contributed by atoms with Crippen LogP contribution in [0.3, 0.4) is 0 Å². The largest absolute Gasteiger partial charge is 0.493 e. The van der Waals surface area contributed by atoms with Crippen LogP contribution in [0.25, 0.3) is 0 Å². The van der Waals surface area contributed by atoms with Crippen molar-refractivity contribution in [2.75, 3.05) is 7.11 Å². The maximum atomic E-state index is 6.60. The first-order chi connectivity index (χ1) is 9.26. The number of methoxy groups -OCH3 is 1. The second kappa shape index (κ2) is 3.98. The smallest absolute Gasteiger partial charge is 0.161 e. The van der Waals surface area contributed by atoms with Crippen molar-refractivity contribution in [3.05, 3.63) is 11.9 Å². The molecular weight excluding hydrogens is 238 g/mol. The lowest BCUT2D eigenvalue weighted by molar-refractivity contribution is 0.372. The summed E-state index contributed by atoms with van der Waals surface area (Å²) in [5, 5.41) is 4.40. The molecule has 0 radical (unpaired) electrons. The van der Waals surface area contributed by atoms with Crippen LogP contribution < -0.4 is 10.5 Å². The number of ether oxygens (including phenoxy) is 1. The van der Waals surface area contributed by atoms with Gasteiger partial charge in [0.15, 0.2) is 5.75 Å². The van der Waals surface area contributed by atoms with Gasteiger partial charge in [-0.3, -0.25) is 4.68 Å². The summed E-state index contributed by atoms with van der Waals surface area (Å²) in [5.41, 5.74) is 7.71. The Balaban J connectivity index is 1.62. The van der Waals surface area contributed by atoms with Gasteiger partial charge in [0.1, 0.15) is 0 Å². The highest BCUT2D eigenvalue weighted by Gasteiger charge is 2.66. The Kier molecular flexibility index (Phi) is 2.47. The summed E-state index contributed by atoms with van der Waals surface area (Å²) in [4.78, 5) is 0. The van der Waals surface area contributed by atoms with E-state index in [-0.39, 0.29) is 6.04 Å². The molecule has 0 amide bonds. The first kappa shape index (κ1) is 11.8. The zero-order valence-electron chi connectivity index (χ0n) is 11.7. The lowest BCUT2D eigenvalue weighted by Crippen LogP contribution is -2.22. The number of aromatic nitrogens is 2. The van der Waals surface area contributed by atoms with Crippen LogP contribution in [0.15, 0.2) is 6.20 Å². The minimum absolute atomic E-state index is 0.107. The van der Waals surface area contributed by atoms with E-state index in [0.29, 0.717) is 5.92 Å². The van der Waals surface area contributed by atoms with Crippen molar-refractivity contribution in [2.24, 2.45) is 35.3 Å². The van der Waals surface area contributed by atoms with Crippen molar-refractivity contribution in [3.8, 4) is 5.75 Å². The molecule has 4 nitrogen and oxygen atoms in total. The lowest BCUT2D eigenvalue weighted by atomic mass is 9.96. The summed E-state index contributed by atoms with van der Waals surface area (Å²) in [6.45, 7) is 2.97. The maximum Gasteiger partial charge on any atom is 0.161 e. The molecule has 3 aliphatic carbocycles. The van der Waals surface area contributed by atoms with Gasteiger partial charge in [-0.2, -0.15) is 5.10 Å². The highest BCUT2D eigenvalue weighted by molar-refractivity contribution is 5.32. The molecule has 2 N–H and O–H groups in total. The predicted molar refractivity (Wildman–Crippen MR) is 72.7 cm³/mol. The topological polar surface area (TPSA) is 53.1 Å². The van der Waals surface area contributed by atoms with Crippen LogP contribution in [0.5, 0.6) is 5.75 Å². The van der Waals surface area contributed by atoms with Crippen LogP contribution in [0.2, 0.25) is 0 Å². The fourth-order valence-corrected chi connectivity index (χ4v) is 5.18. The molecule has 4 heteroatoms. The SMILES string of the molecule is CCn1ncc(OC)c1C(N)C1C2C3CCC(C3)C21. The molecule has 1 aromatic rings. The van der Waals surface area contributed by atoms with E-state index in [1.807, 2.05) is 10.9 Å². The highest BCUT2D eigenvalue weighted by atomic mass is 16.5. The molecular formula is C15H23N3O. The Bertz CT molecular complexity index is 460. The van der Waals surface area contributed by atoms with E-state index in [1.165, 1.54) is 19.3 Å². The number of hydrogen-bond acceptors (Lipinski definition) is 3. The van der Waals surface area contributed by atoms with Gasteiger partial charge in [0.25, 0.3) is 0 Å². The molecule has 5 unspecified atom stereocenters. The summed E-state index contributed by atoms with van der Waals surface area (Å²) >= 11 is 0. The summed E-state index contributed by atoms with van der Waals surface area (Å²) in [6.07, 6.45) is 6.17. The highest BCUT2D eigenvalue weighted by Crippen LogP contribution is 2.72. The second-order valence-corrected chi connectivity index (χ2v) is 6.50. The summed E-state index contributed by atoms with van der Waals surface area (Å²) in [6, 6.07) is 0.107. The van der Waals surface area contributed by atoms with E-state index in [0.717, 1.165) is 41.7 Å². The van der Waals surface area contributed by atoms with Crippen LogP contribution in [-0.2, 0) is 6.54 Å². The fraction of sp³-hybridized carbons (Fsp3) is 0.800. The Morgan fingerprint density at radius 1 is 1.42 bits per heavy atom. The third kappa shape index (κ3) is 1.46. The van der Waals surface area contributed by atoms with Crippen LogP contribution in [0, 0.1) is 29.6 Å². The molecule has 3 saturated carbocycles. The minimum Gasteiger partial charge on any atom is -0.493 e. The average Bonchev–Trinajstić information content (AvgIpc) is 2.81. The average molecular weight is 261 g/mol. The summed E-state index contributed by atoms with van der Waals surface area (Å²) < 4.78 is 7.47. The molecule has 0 aromatic carbocycles. The van der Waals surface area contributed by atoms with E-state index in [2.05, 4.69) is 12.0 Å². The second-order valence-electron chi connectivity index (χ2n) is 6.50. The number of fused-ring (bicyclic) bond motifs is 5. The number of rotatable bonds is 4. The van der Waals surface area contributed by atoms with Gasteiger partial charge in [-0.05, 0) is 55.8 Å². The zero-order valence-corrected chi connectivity index (χ0v) is 11.7. The molecule has 0 spiro atoms. The Morgan fingerprint density at radius 3 is 2.68 bits per heavy atom. The zero-order chi connectivity index (χ0) is 13.1. The normalized spacial score (nSPS) is 40.3. The van der Waals surface area contributed by atoms with Gasteiger partial charge in [-0.15, -0.1) is 0 Å². The van der Waals surface area contributed by atoms with Gasteiger partial charge in [0.2, 0.25) is 0 Å². The van der Waals surface area contributed by atoms with Crippen molar-refractivity contribution >= 4 is 0 Å². The summed E-state index contributed by atoms with van der Waals surface area (Å²) in [5.74, 6) is 5.29. The molecule has 1 heterocycles. The Morgan fingerprint density at radius 2 is 2.11 bits per heavy atom. The van der Waals surface area contributed by atoms with E-state index in [9.17, 15) is 0 Å². The van der Waals surface area contributed by atoms with Gasteiger partial charge < -0.3 is 10.5 Å². The quantitative estimate of drug-likeness (QED) is 0.904. The van der Waals surface area contributed by atoms with Crippen molar-refractivity contribution in [1.29, 1.82) is 0 Å². The van der Waals surface area contributed by atoms with Crippen molar-refractivity contribution in [1.82, 2.24) is 9.78 Å². The van der Waals surface area contributed by atoms with Gasteiger partial charge in [-0.25, -0.2) is 0 Å². The molecule has 0 aliphatic heterocycles. The number of aryl methyl sites for hydroxylation is 1. The monoisotopic (exact) mass is 261 g/mol. The van der Waals surface area contributed by atoms with Gasteiger partial charge in [0, 0.05) is 6.54 Å². The Hall–Kier alpha value is -1.03. The third-order valence-electron chi connectivity index (χ3n) is 5.89.